The van der Waals surface area contributed by atoms with Gasteiger partial charge in [-0.25, -0.2) is 14.8 Å². The molecule has 1 saturated carbocycles. The second kappa shape index (κ2) is 11.4. The smallest absolute Gasteiger partial charge is 0.343 e. The van der Waals surface area contributed by atoms with Gasteiger partial charge in [-0.1, -0.05) is 49.6 Å². The number of piperidine rings is 3. The van der Waals surface area contributed by atoms with Crippen molar-refractivity contribution in [1.82, 2.24) is 9.97 Å². The zero-order valence-electron chi connectivity index (χ0n) is 20.5. The van der Waals surface area contributed by atoms with Crippen LogP contribution in [0.5, 0.6) is 0 Å². The van der Waals surface area contributed by atoms with Crippen LogP contribution in [0.25, 0.3) is 0 Å². The van der Waals surface area contributed by atoms with Crippen LogP contribution in [0.1, 0.15) is 50.5 Å². The van der Waals surface area contributed by atoms with Gasteiger partial charge in [0.15, 0.2) is 18.2 Å². The Bertz CT molecular complexity index is 1030. The number of esters is 1. The number of carbonyl (C=O) groups excluding carboxylic acids is 2. The van der Waals surface area contributed by atoms with Crippen molar-refractivity contribution in [3.63, 3.8) is 0 Å². The first kappa shape index (κ1) is 26.7. The van der Waals surface area contributed by atoms with Crippen molar-refractivity contribution >= 4 is 17.6 Å². The Morgan fingerprint density at radius 1 is 1.03 bits per heavy atom. The van der Waals surface area contributed by atoms with Crippen LogP contribution in [-0.4, -0.2) is 63.7 Å². The summed E-state index contributed by atoms with van der Waals surface area (Å²) in [5, 5.41) is 14.8. The second-order valence-electron chi connectivity index (χ2n) is 10.6. The summed E-state index contributed by atoms with van der Waals surface area (Å²) in [7, 11) is 0. The first-order valence-electron chi connectivity index (χ1n) is 12.9. The van der Waals surface area contributed by atoms with E-state index in [2.05, 4.69) is 15.3 Å². The summed E-state index contributed by atoms with van der Waals surface area (Å²) in [6.45, 7) is 2.71. The zero-order chi connectivity index (χ0) is 24.3. The van der Waals surface area contributed by atoms with Gasteiger partial charge in [-0.05, 0) is 18.4 Å². The summed E-state index contributed by atoms with van der Waals surface area (Å²) in [6.07, 6.45) is 10.9. The fourth-order valence-electron chi connectivity index (χ4n) is 6.41. The fourth-order valence-corrected chi connectivity index (χ4v) is 6.41. The molecule has 1 unspecified atom stereocenters. The Balaban J connectivity index is 0.00000304. The molecule has 1 aromatic heterocycles. The number of fused-ring (bicyclic) bond motifs is 3. The highest BCUT2D eigenvalue weighted by Gasteiger charge is 2.52. The molecule has 3 aliphatic heterocycles. The third kappa shape index (κ3) is 5.48. The van der Waals surface area contributed by atoms with Crippen LogP contribution >= 0.6 is 0 Å². The Morgan fingerprint density at radius 3 is 2.36 bits per heavy atom. The van der Waals surface area contributed by atoms with E-state index in [0.717, 1.165) is 58.0 Å². The van der Waals surface area contributed by atoms with Gasteiger partial charge in [0.25, 0.3) is 5.91 Å². The van der Waals surface area contributed by atoms with Crippen LogP contribution in [0.15, 0.2) is 49.1 Å². The lowest BCUT2D eigenvalue weighted by Crippen LogP contribution is -3.00. The molecule has 6 rings (SSSR count). The summed E-state index contributed by atoms with van der Waals surface area (Å²) >= 11 is 0. The van der Waals surface area contributed by atoms with Gasteiger partial charge in [0.2, 0.25) is 0 Å². The largest absolute Gasteiger partial charge is 1.00 e. The standard InChI is InChI=1S/C27H34N4O4.BrH/c32-25(30-23-15-28-19-29-16-23)18-31-13-11-20(12-14-31)24(17-31)35-26(33)27(34,21-7-3-1-4-8-21)22-9-5-2-6-10-22;/h1,3-4,7-8,15-16,19-20,22,24,34H,2,5-6,9-14,17-18H2;1H/t20?,24-,27?,31?;/m0./s1. The number of nitrogens with zero attached hydrogens (tertiary/aromatic N) is 3. The van der Waals surface area contributed by atoms with Gasteiger partial charge in [-0.15, -0.1) is 0 Å². The predicted molar refractivity (Wildman–Crippen MR) is 130 cm³/mol. The number of hydrogen-bond acceptors (Lipinski definition) is 6. The van der Waals surface area contributed by atoms with Crippen LogP contribution in [0, 0.1) is 11.8 Å². The van der Waals surface area contributed by atoms with Gasteiger partial charge in [-0.2, -0.15) is 0 Å². The lowest BCUT2D eigenvalue weighted by atomic mass is 9.73. The van der Waals surface area contributed by atoms with Gasteiger partial charge in [0, 0.05) is 24.7 Å². The van der Waals surface area contributed by atoms with E-state index in [-0.39, 0.29) is 40.8 Å². The highest BCUT2D eigenvalue weighted by molar-refractivity contribution is 5.91. The number of rotatable bonds is 7. The molecule has 36 heavy (non-hydrogen) atoms. The van der Waals surface area contributed by atoms with E-state index in [9.17, 15) is 14.7 Å². The van der Waals surface area contributed by atoms with E-state index in [1.165, 1.54) is 6.33 Å². The number of aliphatic hydroxyl groups is 1. The quantitative estimate of drug-likeness (QED) is 0.367. The van der Waals surface area contributed by atoms with Crippen molar-refractivity contribution in [3.8, 4) is 0 Å². The molecular weight excluding hydrogens is 524 g/mol. The Hall–Kier alpha value is -2.36. The number of carbonyl (C=O) groups is 2. The summed E-state index contributed by atoms with van der Waals surface area (Å²) in [5.74, 6) is -0.489. The van der Waals surface area contributed by atoms with Crippen molar-refractivity contribution in [2.45, 2.75) is 56.7 Å². The fraction of sp³-hybridized carbons (Fsp3) is 0.556. The Morgan fingerprint density at radius 2 is 1.69 bits per heavy atom. The number of hydrogen-bond donors (Lipinski definition) is 2. The average molecular weight is 560 g/mol. The number of benzene rings is 1. The minimum atomic E-state index is -1.64. The molecule has 1 aliphatic carbocycles. The molecule has 8 nitrogen and oxygen atoms in total. The monoisotopic (exact) mass is 558 g/mol. The molecule has 2 atom stereocenters. The molecule has 2 aromatic rings. The molecule has 4 fully saturated rings. The molecule has 1 amide bonds. The van der Waals surface area contributed by atoms with Crippen LogP contribution in [-0.2, 0) is 19.9 Å². The van der Waals surface area contributed by atoms with Gasteiger partial charge in [0.05, 0.1) is 31.2 Å². The lowest BCUT2D eigenvalue weighted by Gasteiger charge is -2.52. The van der Waals surface area contributed by atoms with E-state index >= 15 is 0 Å². The van der Waals surface area contributed by atoms with Crippen molar-refractivity contribution < 1.29 is 40.9 Å². The van der Waals surface area contributed by atoms with Crippen molar-refractivity contribution in [2.24, 2.45) is 11.8 Å². The van der Waals surface area contributed by atoms with E-state index < -0.39 is 11.6 Å². The third-order valence-corrected chi connectivity index (χ3v) is 8.34. The van der Waals surface area contributed by atoms with Crippen LogP contribution < -0.4 is 22.3 Å². The molecule has 2 bridgehead atoms. The Kier molecular flexibility index (Phi) is 8.42. The molecule has 2 N–H and O–H groups in total. The number of anilines is 1. The van der Waals surface area contributed by atoms with E-state index in [1.807, 2.05) is 30.3 Å². The molecule has 194 valence electrons. The average Bonchev–Trinajstić information content (AvgIpc) is 2.90. The zero-order valence-corrected chi connectivity index (χ0v) is 22.1. The van der Waals surface area contributed by atoms with E-state index in [1.54, 1.807) is 12.4 Å². The maximum absolute atomic E-state index is 13.7. The summed E-state index contributed by atoms with van der Waals surface area (Å²) < 4.78 is 6.77. The summed E-state index contributed by atoms with van der Waals surface area (Å²) in [5.41, 5.74) is -0.444. The highest BCUT2D eigenvalue weighted by atomic mass is 79.9. The third-order valence-electron chi connectivity index (χ3n) is 8.34. The molecule has 1 aromatic carbocycles. The number of amides is 1. The normalized spacial score (nSPS) is 27.4. The topological polar surface area (TPSA) is 101 Å². The van der Waals surface area contributed by atoms with Crippen LogP contribution in [0.3, 0.4) is 0 Å². The van der Waals surface area contributed by atoms with Crippen molar-refractivity contribution in [1.29, 1.82) is 0 Å². The highest BCUT2D eigenvalue weighted by Crippen LogP contribution is 2.42. The van der Waals surface area contributed by atoms with E-state index in [4.69, 9.17) is 4.74 Å². The number of ether oxygens (including phenoxy) is 1. The van der Waals surface area contributed by atoms with E-state index in [0.29, 0.717) is 28.8 Å². The predicted octanol–water partition coefficient (Wildman–Crippen LogP) is 0.0394. The first-order valence-corrected chi connectivity index (χ1v) is 12.9. The molecule has 0 radical (unpaired) electrons. The van der Waals surface area contributed by atoms with Crippen molar-refractivity contribution in [3.05, 3.63) is 54.6 Å². The van der Waals surface area contributed by atoms with Crippen LogP contribution in [0.4, 0.5) is 5.69 Å². The summed E-state index contributed by atoms with van der Waals surface area (Å²) in [4.78, 5) is 34.4. The van der Waals surface area contributed by atoms with Gasteiger partial charge >= 0.3 is 5.97 Å². The Labute approximate surface area is 222 Å². The van der Waals surface area contributed by atoms with Gasteiger partial charge < -0.3 is 36.6 Å². The maximum atomic E-state index is 13.7. The number of halogens is 1. The number of nitrogens with one attached hydrogen (secondary N) is 1. The number of quaternary nitrogens is 1. The summed E-state index contributed by atoms with van der Waals surface area (Å²) in [6, 6.07) is 9.28. The lowest BCUT2D eigenvalue weighted by molar-refractivity contribution is -0.939. The molecule has 3 saturated heterocycles. The molecular formula is C27H35BrN4O4. The molecule has 0 spiro atoms. The maximum Gasteiger partial charge on any atom is 0.343 e. The molecule has 4 heterocycles. The molecule has 4 aliphatic rings. The number of aromatic nitrogens is 2. The van der Waals surface area contributed by atoms with Gasteiger partial charge in [0.1, 0.15) is 12.9 Å². The minimum absolute atomic E-state index is 0. The minimum Gasteiger partial charge on any atom is -1.00 e. The van der Waals surface area contributed by atoms with Gasteiger partial charge in [-0.3, -0.25) is 4.79 Å². The van der Waals surface area contributed by atoms with Crippen LogP contribution in [0.2, 0.25) is 0 Å². The second-order valence-corrected chi connectivity index (χ2v) is 10.6. The SMILES string of the molecule is O=C(C[N+]12CCC(CC1)[C@@H](OC(=O)C(O)(c1ccccc1)C1CCCCC1)C2)Nc1cncnc1.[Br-]. The molecule has 9 heteroatoms. The first-order chi connectivity index (χ1) is 17.0. The van der Waals surface area contributed by atoms with Crippen molar-refractivity contribution in [2.75, 3.05) is 31.5 Å².